The van der Waals surface area contributed by atoms with Gasteiger partial charge in [-0.2, -0.15) is 0 Å². The van der Waals surface area contributed by atoms with E-state index in [2.05, 4.69) is 172 Å². The highest BCUT2D eigenvalue weighted by Crippen LogP contribution is 2.43. The fraction of sp³-hybridized carbons (Fsp3) is 0.562. The smallest absolute Gasteiger partial charge is 0.462 e. The topological polar surface area (TPSA) is 134 Å². The van der Waals surface area contributed by atoms with Crippen LogP contribution in [0.15, 0.2) is 158 Å². The molecular weight excluding hydrogens is 942 g/mol. The summed E-state index contributed by atoms with van der Waals surface area (Å²) in [5, 5.41) is 0. The second-order valence-electron chi connectivity index (χ2n) is 18.1. The van der Waals surface area contributed by atoms with Crippen LogP contribution in [-0.4, -0.2) is 49.3 Å². The number of phosphoric acid groups is 1. The Labute approximate surface area is 451 Å². The van der Waals surface area contributed by atoms with Gasteiger partial charge >= 0.3 is 19.8 Å². The first-order valence-corrected chi connectivity index (χ1v) is 30.0. The van der Waals surface area contributed by atoms with Gasteiger partial charge in [0.2, 0.25) is 0 Å². The number of carbonyl (C=O) groups is 2. The summed E-state index contributed by atoms with van der Waals surface area (Å²) in [5.74, 6) is -0.903. The molecule has 0 heterocycles. The minimum absolute atomic E-state index is 0.0368. The molecule has 0 amide bonds. The van der Waals surface area contributed by atoms with Gasteiger partial charge in [-0.3, -0.25) is 18.6 Å². The number of ether oxygens (including phenoxy) is 2. The van der Waals surface area contributed by atoms with Crippen LogP contribution in [0.1, 0.15) is 200 Å². The number of nitrogens with two attached hydrogens (primary N) is 1. The third kappa shape index (κ3) is 56.9. The third-order valence-electron chi connectivity index (χ3n) is 11.1. The molecule has 2 unspecified atom stereocenters. The van der Waals surface area contributed by atoms with E-state index in [9.17, 15) is 19.0 Å². The third-order valence-corrected chi connectivity index (χ3v) is 12.1. The fourth-order valence-electron chi connectivity index (χ4n) is 6.96. The number of rotatable bonds is 51. The molecule has 0 aromatic carbocycles. The number of unbranched alkanes of at least 4 members (excludes halogenated alkanes) is 12. The molecule has 3 N–H and O–H groups in total. The standard InChI is InChI=1S/C64H102NO8P/c1-3-5-7-9-11-13-15-17-19-20-21-22-23-24-25-26-27-28-29-30-31-32-33-34-35-36-37-38-39-40-41-42-43-45-47-49-51-53-55-57-64(67)73-62(61-72-74(68,69)71-59-58-65)60-70-63(66)56-54-52-50-48-46-44-18-16-14-12-10-8-6-4-2/h5,7,11,13,16-19,21-22,24-25,27-28,30-31,33-34,36-37,39-40,42-43,47,49,62H,3-4,6,8-10,12,14-15,20,23,26,29,32,35,38,41,44-46,48,50-61,65H2,1-2H3,(H,68,69)/b7-5-,13-11-,18-16-,19-17-,22-21-,25-24-,28-27-,31-30-,34-33-,37-36-,40-39-,43-42-,49-47-. The molecular formula is C64H102NO8P. The number of hydrogen-bond acceptors (Lipinski definition) is 8. The van der Waals surface area contributed by atoms with Crippen LogP contribution in [0.3, 0.4) is 0 Å². The Morgan fingerprint density at radius 3 is 1.15 bits per heavy atom. The molecule has 0 aliphatic rings. The molecule has 9 nitrogen and oxygen atoms in total. The van der Waals surface area contributed by atoms with Gasteiger partial charge < -0.3 is 20.1 Å². The monoisotopic (exact) mass is 1040 g/mol. The average Bonchev–Trinajstić information content (AvgIpc) is 3.39. The number of phosphoric ester groups is 1. The van der Waals surface area contributed by atoms with Crippen LogP contribution in [0, 0.1) is 0 Å². The minimum atomic E-state index is -4.41. The summed E-state index contributed by atoms with van der Waals surface area (Å²) in [6.45, 7) is 3.53. The van der Waals surface area contributed by atoms with E-state index in [4.69, 9.17) is 24.3 Å². The van der Waals surface area contributed by atoms with Crippen molar-refractivity contribution < 1.29 is 37.6 Å². The van der Waals surface area contributed by atoms with E-state index in [1.165, 1.54) is 38.5 Å². The molecule has 0 fully saturated rings. The van der Waals surface area contributed by atoms with Crippen molar-refractivity contribution in [1.29, 1.82) is 0 Å². The van der Waals surface area contributed by atoms with Crippen molar-refractivity contribution in [3.63, 3.8) is 0 Å². The van der Waals surface area contributed by atoms with Crippen molar-refractivity contribution >= 4 is 19.8 Å². The summed E-state index contributed by atoms with van der Waals surface area (Å²) in [6.07, 6.45) is 84.5. The number of carbonyl (C=O) groups excluding carboxylic acids is 2. The van der Waals surface area contributed by atoms with E-state index in [0.29, 0.717) is 12.8 Å². The van der Waals surface area contributed by atoms with Crippen LogP contribution in [0.5, 0.6) is 0 Å². The molecule has 0 aliphatic carbocycles. The van der Waals surface area contributed by atoms with Crippen molar-refractivity contribution in [1.82, 2.24) is 0 Å². The lowest BCUT2D eigenvalue weighted by molar-refractivity contribution is -0.161. The Hall–Kier alpha value is -4.37. The molecule has 2 atom stereocenters. The largest absolute Gasteiger partial charge is 0.472 e. The van der Waals surface area contributed by atoms with Gasteiger partial charge in [0, 0.05) is 19.4 Å². The fourth-order valence-corrected chi connectivity index (χ4v) is 7.73. The van der Waals surface area contributed by atoms with Crippen molar-refractivity contribution in [2.24, 2.45) is 5.73 Å². The molecule has 0 spiro atoms. The lowest BCUT2D eigenvalue weighted by Gasteiger charge is -2.19. The molecule has 0 radical (unpaired) electrons. The zero-order valence-electron chi connectivity index (χ0n) is 46.3. The summed E-state index contributed by atoms with van der Waals surface area (Å²) < 4.78 is 32.9. The summed E-state index contributed by atoms with van der Waals surface area (Å²) in [6, 6.07) is 0. The van der Waals surface area contributed by atoms with E-state index in [0.717, 1.165) is 122 Å². The van der Waals surface area contributed by atoms with Gasteiger partial charge in [-0.25, -0.2) is 4.57 Å². The van der Waals surface area contributed by atoms with Gasteiger partial charge in [0.1, 0.15) is 6.61 Å². The van der Waals surface area contributed by atoms with Crippen LogP contribution < -0.4 is 5.73 Å². The van der Waals surface area contributed by atoms with Crippen LogP contribution in [0.4, 0.5) is 0 Å². The molecule has 0 saturated carbocycles. The first kappa shape index (κ1) is 69.6. The zero-order chi connectivity index (χ0) is 53.8. The van der Waals surface area contributed by atoms with Gasteiger partial charge in [0.25, 0.3) is 0 Å². The van der Waals surface area contributed by atoms with Gasteiger partial charge in [0.05, 0.1) is 13.2 Å². The average molecular weight is 1040 g/mol. The van der Waals surface area contributed by atoms with Crippen molar-refractivity contribution in [2.75, 3.05) is 26.4 Å². The molecule has 0 saturated heterocycles. The normalized spacial score (nSPS) is 14.3. The SMILES string of the molecule is CC/C=C\C/C=C\C/C=C\C/C=C\C/C=C\C/C=C\C/C=C\C/C=C\C/C=C\C/C=C\C/C=C\C/C=C\CCCCC(=O)OC(COC(=O)CCCCCCC/C=C\CCCCCCC)COP(=O)(O)OCCN. The maximum absolute atomic E-state index is 12.7. The molecule has 0 aromatic rings. The van der Waals surface area contributed by atoms with Crippen molar-refractivity contribution in [2.45, 2.75) is 206 Å². The zero-order valence-corrected chi connectivity index (χ0v) is 47.1. The summed E-state index contributed by atoms with van der Waals surface area (Å²) >= 11 is 0. The van der Waals surface area contributed by atoms with Gasteiger partial charge in [-0.15, -0.1) is 0 Å². The molecule has 416 valence electrons. The Balaban J connectivity index is 4.12. The van der Waals surface area contributed by atoms with Gasteiger partial charge in [-0.05, 0) is 128 Å². The summed E-state index contributed by atoms with van der Waals surface area (Å²) in [5.41, 5.74) is 5.36. The summed E-state index contributed by atoms with van der Waals surface area (Å²) in [7, 11) is -4.41. The highest BCUT2D eigenvalue weighted by molar-refractivity contribution is 7.47. The Bertz CT molecular complexity index is 1760. The number of allylic oxidation sites excluding steroid dienone is 26. The predicted molar refractivity (Wildman–Crippen MR) is 316 cm³/mol. The van der Waals surface area contributed by atoms with Crippen molar-refractivity contribution in [3.8, 4) is 0 Å². The molecule has 10 heteroatoms. The molecule has 74 heavy (non-hydrogen) atoms. The van der Waals surface area contributed by atoms with Crippen LogP contribution in [0.2, 0.25) is 0 Å². The molecule has 0 rings (SSSR count). The van der Waals surface area contributed by atoms with Crippen LogP contribution in [0.25, 0.3) is 0 Å². The van der Waals surface area contributed by atoms with E-state index in [1.54, 1.807) is 0 Å². The first-order chi connectivity index (χ1) is 36.3. The van der Waals surface area contributed by atoms with Crippen LogP contribution in [-0.2, 0) is 32.7 Å². The predicted octanol–water partition coefficient (Wildman–Crippen LogP) is 18.1. The highest BCUT2D eigenvalue weighted by atomic mass is 31.2. The molecule has 0 aromatic heterocycles. The Morgan fingerprint density at radius 2 is 0.743 bits per heavy atom. The first-order valence-electron chi connectivity index (χ1n) is 28.5. The minimum Gasteiger partial charge on any atom is -0.462 e. The molecule has 0 aliphatic heterocycles. The molecule has 0 bridgehead atoms. The van der Waals surface area contributed by atoms with Gasteiger partial charge in [-0.1, -0.05) is 217 Å². The maximum Gasteiger partial charge on any atom is 0.472 e. The maximum atomic E-state index is 12.7. The second kappa shape index (κ2) is 57.9. The number of esters is 2. The second-order valence-corrected chi connectivity index (χ2v) is 19.5. The Morgan fingerprint density at radius 1 is 0.419 bits per heavy atom. The quantitative estimate of drug-likeness (QED) is 0.0264. The lowest BCUT2D eigenvalue weighted by Crippen LogP contribution is -2.29. The van der Waals surface area contributed by atoms with E-state index < -0.39 is 32.5 Å². The van der Waals surface area contributed by atoms with Crippen molar-refractivity contribution in [3.05, 3.63) is 158 Å². The van der Waals surface area contributed by atoms with E-state index in [-0.39, 0.29) is 32.6 Å². The lowest BCUT2D eigenvalue weighted by atomic mass is 10.1. The van der Waals surface area contributed by atoms with E-state index >= 15 is 0 Å². The number of hydrogen-bond donors (Lipinski definition) is 2. The van der Waals surface area contributed by atoms with E-state index in [1.807, 2.05) is 0 Å². The summed E-state index contributed by atoms with van der Waals surface area (Å²) in [4.78, 5) is 35.0. The van der Waals surface area contributed by atoms with Crippen LogP contribution >= 0.6 is 7.82 Å². The highest BCUT2D eigenvalue weighted by Gasteiger charge is 2.26. The Kier molecular flexibility index (Phi) is 54.5. The van der Waals surface area contributed by atoms with Gasteiger partial charge in [0.15, 0.2) is 6.10 Å².